The lowest BCUT2D eigenvalue weighted by atomic mass is 10.2. The lowest BCUT2D eigenvalue weighted by Gasteiger charge is -2.04. The average molecular weight is 286 g/mol. The van der Waals surface area contributed by atoms with E-state index >= 15 is 0 Å². The highest BCUT2D eigenvalue weighted by molar-refractivity contribution is 7.98. The molecule has 0 aliphatic heterocycles. The summed E-state index contributed by atoms with van der Waals surface area (Å²) < 4.78 is 33.3. The Morgan fingerprint density at radius 2 is 2.00 bits per heavy atom. The van der Waals surface area contributed by atoms with Gasteiger partial charge >= 0.3 is 0 Å². The van der Waals surface area contributed by atoms with Gasteiger partial charge in [0.2, 0.25) is 5.89 Å². The molecule has 0 spiro atoms. The molecular formula is C10H10N2O4S2. The van der Waals surface area contributed by atoms with Gasteiger partial charge < -0.3 is 4.42 Å². The van der Waals surface area contributed by atoms with Gasteiger partial charge in [0.25, 0.3) is 15.3 Å². The van der Waals surface area contributed by atoms with E-state index in [-0.39, 0.29) is 10.8 Å². The van der Waals surface area contributed by atoms with Gasteiger partial charge in [0.15, 0.2) is 0 Å². The zero-order chi connectivity index (χ0) is 13.2. The van der Waals surface area contributed by atoms with Crippen LogP contribution < -0.4 is 0 Å². The second-order valence-electron chi connectivity index (χ2n) is 3.19. The lowest BCUT2D eigenvalue weighted by molar-refractivity contribution is 0.397. The molecule has 8 heteroatoms. The van der Waals surface area contributed by atoms with E-state index in [9.17, 15) is 8.42 Å². The van der Waals surface area contributed by atoms with Crippen LogP contribution in [0.2, 0.25) is 0 Å². The quantitative estimate of drug-likeness (QED) is 0.626. The van der Waals surface area contributed by atoms with Crippen molar-refractivity contribution in [2.24, 2.45) is 0 Å². The second-order valence-corrected chi connectivity index (χ2v) is 5.63. The lowest BCUT2D eigenvalue weighted by Crippen LogP contribution is -2.04. The van der Waals surface area contributed by atoms with Crippen molar-refractivity contribution in [2.75, 3.05) is 13.4 Å². The molecule has 6 nitrogen and oxygen atoms in total. The number of hydrogen-bond donors (Lipinski definition) is 0. The molecule has 0 bridgehead atoms. The van der Waals surface area contributed by atoms with Gasteiger partial charge in [0, 0.05) is 0 Å². The van der Waals surface area contributed by atoms with Gasteiger partial charge in [-0.25, -0.2) is 0 Å². The molecular weight excluding hydrogens is 276 g/mol. The minimum Gasteiger partial charge on any atom is -0.411 e. The summed E-state index contributed by atoms with van der Waals surface area (Å²) in [5.41, 5.74) is 0.326. The van der Waals surface area contributed by atoms with Crippen LogP contribution in [-0.2, 0) is 14.3 Å². The standard InChI is InChI=1S/C10H10N2O4S2/c1-15-18(13,14)8-6-4-3-5-7(8)9-11-12-10(16-9)17-2/h3-6H,1-2H3. The van der Waals surface area contributed by atoms with E-state index in [1.54, 1.807) is 24.5 Å². The first-order chi connectivity index (χ1) is 8.58. The molecule has 1 aromatic heterocycles. The van der Waals surface area contributed by atoms with E-state index in [1.807, 2.05) is 0 Å². The van der Waals surface area contributed by atoms with Crippen molar-refractivity contribution >= 4 is 21.9 Å². The molecule has 0 aliphatic carbocycles. The van der Waals surface area contributed by atoms with Crippen LogP contribution in [0.15, 0.2) is 38.8 Å². The van der Waals surface area contributed by atoms with Crippen molar-refractivity contribution in [3.05, 3.63) is 24.3 Å². The van der Waals surface area contributed by atoms with Crippen LogP contribution in [0.5, 0.6) is 0 Å². The maximum Gasteiger partial charge on any atom is 0.297 e. The fourth-order valence-electron chi connectivity index (χ4n) is 1.35. The van der Waals surface area contributed by atoms with Gasteiger partial charge in [-0.3, -0.25) is 4.18 Å². The van der Waals surface area contributed by atoms with Gasteiger partial charge in [-0.05, 0) is 18.4 Å². The summed E-state index contributed by atoms with van der Waals surface area (Å²) in [5.74, 6) is 0.149. The largest absolute Gasteiger partial charge is 0.411 e. The van der Waals surface area contributed by atoms with Gasteiger partial charge in [0.05, 0.1) is 12.7 Å². The first-order valence-corrected chi connectivity index (χ1v) is 7.49. The predicted octanol–water partition coefficient (Wildman–Crippen LogP) is 1.79. The average Bonchev–Trinajstić information content (AvgIpc) is 2.87. The highest BCUT2D eigenvalue weighted by Crippen LogP contribution is 2.28. The summed E-state index contributed by atoms with van der Waals surface area (Å²) in [6.07, 6.45) is 1.79. The number of hydrogen-bond acceptors (Lipinski definition) is 7. The molecule has 0 atom stereocenters. The molecule has 0 aliphatic rings. The molecule has 1 heterocycles. The molecule has 0 amide bonds. The van der Waals surface area contributed by atoms with E-state index in [4.69, 9.17) is 4.42 Å². The molecule has 0 unspecified atom stereocenters. The Kier molecular flexibility index (Phi) is 3.69. The Balaban J connectivity index is 2.58. The molecule has 2 aromatic rings. The number of nitrogens with zero attached hydrogens (tertiary/aromatic N) is 2. The molecule has 0 saturated heterocycles. The first kappa shape index (κ1) is 13.1. The third kappa shape index (κ3) is 2.40. The number of benzene rings is 1. The highest BCUT2D eigenvalue weighted by atomic mass is 32.2. The van der Waals surface area contributed by atoms with Crippen molar-refractivity contribution in [2.45, 2.75) is 10.1 Å². The predicted molar refractivity (Wildman–Crippen MR) is 65.7 cm³/mol. The SMILES string of the molecule is COS(=O)(=O)c1ccccc1-c1nnc(SC)o1. The molecule has 0 saturated carbocycles. The summed E-state index contributed by atoms with van der Waals surface area (Å²) in [5, 5.41) is 7.95. The van der Waals surface area contributed by atoms with E-state index in [0.717, 1.165) is 7.11 Å². The van der Waals surface area contributed by atoms with Crippen LogP contribution in [0.25, 0.3) is 11.5 Å². The minimum atomic E-state index is -3.81. The maximum absolute atomic E-state index is 11.8. The summed E-state index contributed by atoms with van der Waals surface area (Å²) >= 11 is 1.28. The Labute approximate surface area is 108 Å². The van der Waals surface area contributed by atoms with E-state index < -0.39 is 10.1 Å². The van der Waals surface area contributed by atoms with Crippen LogP contribution in [0, 0.1) is 0 Å². The maximum atomic E-state index is 11.8. The van der Waals surface area contributed by atoms with Crippen molar-refractivity contribution in [1.29, 1.82) is 0 Å². The third-order valence-corrected chi connectivity index (χ3v) is 4.04. The van der Waals surface area contributed by atoms with Crippen molar-refractivity contribution in [1.82, 2.24) is 10.2 Å². The Hall–Kier alpha value is -1.38. The first-order valence-electron chi connectivity index (χ1n) is 4.86. The monoisotopic (exact) mass is 286 g/mol. The Bertz CT molecular complexity index is 651. The smallest absolute Gasteiger partial charge is 0.297 e. The number of rotatable bonds is 4. The summed E-state index contributed by atoms with van der Waals surface area (Å²) in [7, 11) is -2.70. The number of aromatic nitrogens is 2. The molecule has 18 heavy (non-hydrogen) atoms. The molecule has 0 N–H and O–H groups in total. The fraction of sp³-hybridized carbons (Fsp3) is 0.200. The van der Waals surface area contributed by atoms with E-state index in [2.05, 4.69) is 14.4 Å². The minimum absolute atomic E-state index is 0.00352. The van der Waals surface area contributed by atoms with Crippen LogP contribution >= 0.6 is 11.8 Å². The highest BCUT2D eigenvalue weighted by Gasteiger charge is 2.21. The number of thioether (sulfide) groups is 1. The van der Waals surface area contributed by atoms with Gasteiger partial charge in [0.1, 0.15) is 4.90 Å². The van der Waals surface area contributed by atoms with Gasteiger partial charge in [-0.2, -0.15) is 8.42 Å². The van der Waals surface area contributed by atoms with E-state index in [1.165, 1.54) is 17.8 Å². The topological polar surface area (TPSA) is 82.3 Å². The third-order valence-electron chi connectivity index (χ3n) is 2.19. The van der Waals surface area contributed by atoms with Gasteiger partial charge in [-0.15, -0.1) is 10.2 Å². The Morgan fingerprint density at radius 1 is 1.28 bits per heavy atom. The molecule has 96 valence electrons. The zero-order valence-corrected chi connectivity index (χ0v) is 11.3. The van der Waals surface area contributed by atoms with Crippen LogP contribution in [0.4, 0.5) is 0 Å². The fourth-order valence-corrected chi connectivity index (χ4v) is 2.49. The molecule has 0 fully saturated rings. The van der Waals surface area contributed by atoms with Crippen molar-refractivity contribution in [3.63, 3.8) is 0 Å². The zero-order valence-electron chi connectivity index (χ0n) is 9.65. The summed E-state index contributed by atoms with van der Waals surface area (Å²) in [4.78, 5) is 0.00352. The van der Waals surface area contributed by atoms with Crippen molar-refractivity contribution in [3.8, 4) is 11.5 Å². The van der Waals surface area contributed by atoms with Gasteiger partial charge in [-0.1, -0.05) is 23.9 Å². The van der Waals surface area contributed by atoms with Crippen molar-refractivity contribution < 1.29 is 17.0 Å². The normalized spacial score (nSPS) is 11.7. The Morgan fingerprint density at radius 3 is 2.61 bits per heavy atom. The summed E-state index contributed by atoms with van der Waals surface area (Å²) in [6.45, 7) is 0. The van der Waals surface area contributed by atoms with Crippen LogP contribution in [0.1, 0.15) is 0 Å². The molecule has 0 radical (unpaired) electrons. The van der Waals surface area contributed by atoms with Crippen LogP contribution in [0.3, 0.4) is 0 Å². The summed E-state index contributed by atoms with van der Waals surface area (Å²) in [6, 6.07) is 6.30. The molecule has 2 rings (SSSR count). The van der Waals surface area contributed by atoms with Crippen LogP contribution in [-0.4, -0.2) is 32.0 Å². The second kappa shape index (κ2) is 5.09. The molecule has 1 aromatic carbocycles. The van der Waals surface area contributed by atoms with E-state index in [0.29, 0.717) is 10.8 Å².